The maximum Gasteiger partial charge on any atom is 0.148 e. The van der Waals surface area contributed by atoms with Gasteiger partial charge in [0.2, 0.25) is 0 Å². The first-order chi connectivity index (χ1) is 9.94. The fourth-order valence-electron chi connectivity index (χ4n) is 2.31. The van der Waals surface area contributed by atoms with Crippen LogP contribution in [0.25, 0.3) is 0 Å². The first-order valence-electron chi connectivity index (χ1n) is 7.71. The molecule has 0 saturated heterocycles. The lowest BCUT2D eigenvalue weighted by Gasteiger charge is -2.22. The van der Waals surface area contributed by atoms with Crippen molar-refractivity contribution in [3.63, 3.8) is 0 Å². The number of nitrogens with zero attached hydrogens (tertiary/aromatic N) is 2. The van der Waals surface area contributed by atoms with E-state index in [2.05, 4.69) is 34.6 Å². The summed E-state index contributed by atoms with van der Waals surface area (Å²) in [5.74, 6) is 8.11. The van der Waals surface area contributed by atoms with E-state index < -0.39 is 0 Å². The van der Waals surface area contributed by atoms with Crippen LogP contribution in [0.4, 0.5) is 11.6 Å². The molecular formula is C15H29N5O. The van der Waals surface area contributed by atoms with Crippen LogP contribution in [0.15, 0.2) is 0 Å². The second-order valence-electron chi connectivity index (χ2n) is 5.73. The molecule has 1 heterocycles. The van der Waals surface area contributed by atoms with Crippen molar-refractivity contribution in [2.45, 2.75) is 59.5 Å². The van der Waals surface area contributed by atoms with Crippen LogP contribution in [0.5, 0.6) is 0 Å². The topological polar surface area (TPSA) is 96.1 Å². The van der Waals surface area contributed by atoms with Gasteiger partial charge in [0.05, 0.1) is 6.10 Å². The van der Waals surface area contributed by atoms with Crippen LogP contribution in [-0.4, -0.2) is 27.7 Å². The van der Waals surface area contributed by atoms with Gasteiger partial charge in [0.15, 0.2) is 0 Å². The molecule has 0 aromatic carbocycles. The van der Waals surface area contributed by atoms with E-state index in [1.165, 1.54) is 0 Å². The number of nitrogens with two attached hydrogens (primary N) is 1. The summed E-state index contributed by atoms with van der Waals surface area (Å²) in [5.41, 5.74) is 3.47. The second-order valence-corrected chi connectivity index (χ2v) is 5.73. The Morgan fingerprint density at radius 2 is 1.71 bits per heavy atom. The molecule has 1 aromatic rings. The quantitative estimate of drug-likeness (QED) is 0.434. The first kappa shape index (κ1) is 17.7. The number of anilines is 2. The minimum atomic E-state index is -0.383. The molecule has 0 aliphatic rings. The van der Waals surface area contributed by atoms with Gasteiger partial charge in [-0.3, -0.25) is 0 Å². The summed E-state index contributed by atoms with van der Waals surface area (Å²) >= 11 is 0. The van der Waals surface area contributed by atoms with Gasteiger partial charge in [-0.15, -0.1) is 0 Å². The number of aliphatic hydroxyl groups excluding tert-OH is 1. The highest BCUT2D eigenvalue weighted by molar-refractivity contribution is 5.56. The highest BCUT2D eigenvalue weighted by atomic mass is 16.3. The molecule has 0 saturated carbocycles. The van der Waals surface area contributed by atoms with Crippen molar-refractivity contribution in [1.29, 1.82) is 0 Å². The molecule has 0 spiro atoms. The molecule has 1 unspecified atom stereocenters. The summed E-state index contributed by atoms with van der Waals surface area (Å²) < 4.78 is 0. The molecule has 0 amide bonds. The van der Waals surface area contributed by atoms with Crippen molar-refractivity contribution >= 4 is 11.6 Å². The molecule has 0 aliphatic heterocycles. The van der Waals surface area contributed by atoms with Crippen molar-refractivity contribution in [2.75, 3.05) is 17.3 Å². The van der Waals surface area contributed by atoms with Crippen molar-refractivity contribution in [3.8, 4) is 0 Å². The smallest absolute Gasteiger partial charge is 0.148 e. The summed E-state index contributed by atoms with van der Waals surface area (Å²) in [6.07, 6.45) is 1.55. The maximum absolute atomic E-state index is 10.2. The summed E-state index contributed by atoms with van der Waals surface area (Å²) in [5, 5.41) is 13.5. The number of aliphatic hydroxyl groups is 1. The zero-order valence-corrected chi connectivity index (χ0v) is 13.8. The summed E-state index contributed by atoms with van der Waals surface area (Å²) in [6, 6.07) is 0. The lowest BCUT2D eigenvalue weighted by molar-refractivity contribution is 0.114. The Balaban J connectivity index is 2.89. The summed E-state index contributed by atoms with van der Waals surface area (Å²) in [7, 11) is 0. The fraction of sp³-hybridized carbons (Fsp3) is 0.733. The van der Waals surface area contributed by atoms with Gasteiger partial charge in [-0.1, -0.05) is 40.5 Å². The number of aromatic nitrogens is 2. The van der Waals surface area contributed by atoms with E-state index in [4.69, 9.17) is 5.84 Å². The van der Waals surface area contributed by atoms with Gasteiger partial charge in [-0.25, -0.2) is 15.8 Å². The molecule has 21 heavy (non-hydrogen) atoms. The molecule has 0 bridgehead atoms. The third-order valence-electron chi connectivity index (χ3n) is 3.89. The highest BCUT2D eigenvalue weighted by Gasteiger charge is 2.17. The minimum Gasteiger partial charge on any atom is -0.391 e. The number of hydrogen-bond donors (Lipinski definition) is 4. The Bertz CT molecular complexity index is 446. The van der Waals surface area contributed by atoms with Crippen molar-refractivity contribution in [3.05, 3.63) is 11.4 Å². The van der Waals surface area contributed by atoms with E-state index in [0.29, 0.717) is 18.3 Å². The van der Waals surface area contributed by atoms with Crippen molar-refractivity contribution < 1.29 is 5.11 Å². The third-order valence-corrected chi connectivity index (χ3v) is 3.89. The molecule has 6 heteroatoms. The lowest BCUT2D eigenvalue weighted by atomic mass is 9.96. The van der Waals surface area contributed by atoms with Gasteiger partial charge >= 0.3 is 0 Å². The fourth-order valence-corrected chi connectivity index (χ4v) is 2.31. The van der Waals surface area contributed by atoms with Gasteiger partial charge in [0.1, 0.15) is 17.5 Å². The predicted octanol–water partition coefficient (Wildman–Crippen LogP) is 2.40. The number of rotatable bonds is 8. The molecule has 0 aliphatic carbocycles. The standard InChI is InChI=1S/C15H29N5O/c1-6-11(7-2)12(21)8-17-14-10(5)15(20-16)19-13(18-14)9(3)4/h9,11-12,21H,6-8,16H2,1-5H3,(H2,17,18,19,20). The third kappa shape index (κ3) is 4.54. The van der Waals surface area contributed by atoms with Gasteiger partial charge in [0, 0.05) is 18.0 Å². The molecule has 1 atom stereocenters. The number of hydrogen-bond acceptors (Lipinski definition) is 6. The largest absolute Gasteiger partial charge is 0.391 e. The van der Waals surface area contributed by atoms with Crippen LogP contribution in [0, 0.1) is 12.8 Å². The van der Waals surface area contributed by atoms with E-state index in [1.807, 2.05) is 20.8 Å². The van der Waals surface area contributed by atoms with Gasteiger partial charge in [-0.05, 0) is 12.8 Å². The zero-order chi connectivity index (χ0) is 16.0. The van der Waals surface area contributed by atoms with Crippen LogP contribution >= 0.6 is 0 Å². The second kappa shape index (κ2) is 8.14. The molecule has 1 aromatic heterocycles. The van der Waals surface area contributed by atoms with Crippen molar-refractivity contribution in [2.24, 2.45) is 11.8 Å². The summed E-state index contributed by atoms with van der Waals surface area (Å²) in [4.78, 5) is 8.93. The van der Waals surface area contributed by atoms with Gasteiger partial charge in [0.25, 0.3) is 0 Å². The number of nitrogens with one attached hydrogen (secondary N) is 2. The Kier molecular flexibility index (Phi) is 6.84. The molecule has 1 rings (SSSR count). The van der Waals surface area contributed by atoms with E-state index >= 15 is 0 Å². The van der Waals surface area contributed by atoms with E-state index in [0.717, 1.165) is 30.0 Å². The lowest BCUT2D eigenvalue weighted by Crippen LogP contribution is -2.28. The minimum absolute atomic E-state index is 0.210. The average molecular weight is 295 g/mol. The van der Waals surface area contributed by atoms with Crippen LogP contribution in [-0.2, 0) is 0 Å². The predicted molar refractivity (Wildman–Crippen MR) is 87.2 cm³/mol. The Morgan fingerprint density at radius 1 is 1.14 bits per heavy atom. The van der Waals surface area contributed by atoms with Crippen LogP contribution in [0.3, 0.4) is 0 Å². The molecule has 0 radical (unpaired) electrons. The van der Waals surface area contributed by atoms with Crippen molar-refractivity contribution in [1.82, 2.24) is 9.97 Å². The van der Waals surface area contributed by atoms with E-state index in [1.54, 1.807) is 0 Å². The Labute approximate surface area is 127 Å². The van der Waals surface area contributed by atoms with E-state index in [9.17, 15) is 5.11 Å². The maximum atomic E-state index is 10.2. The number of hydrazine groups is 1. The Morgan fingerprint density at radius 3 is 2.19 bits per heavy atom. The average Bonchev–Trinajstić information content (AvgIpc) is 2.47. The molecule has 0 fully saturated rings. The zero-order valence-electron chi connectivity index (χ0n) is 13.8. The van der Waals surface area contributed by atoms with Gasteiger partial charge in [-0.2, -0.15) is 0 Å². The molecule has 5 N–H and O–H groups in total. The van der Waals surface area contributed by atoms with E-state index in [-0.39, 0.29) is 12.0 Å². The molecule has 6 nitrogen and oxygen atoms in total. The van der Waals surface area contributed by atoms with Crippen LogP contribution < -0.4 is 16.6 Å². The molecular weight excluding hydrogens is 266 g/mol. The SMILES string of the molecule is CCC(CC)C(O)CNc1nc(C(C)C)nc(NN)c1C. The molecule has 120 valence electrons. The Hall–Kier alpha value is -1.40. The monoisotopic (exact) mass is 295 g/mol. The normalized spacial score (nSPS) is 12.8. The highest BCUT2D eigenvalue weighted by Crippen LogP contribution is 2.23. The first-order valence-corrected chi connectivity index (χ1v) is 7.71. The van der Waals surface area contributed by atoms with Gasteiger partial charge < -0.3 is 15.8 Å². The summed E-state index contributed by atoms with van der Waals surface area (Å²) in [6.45, 7) is 10.7. The number of nitrogen functional groups attached to an aromatic ring is 1. The van der Waals surface area contributed by atoms with Crippen LogP contribution in [0.2, 0.25) is 0 Å². The van der Waals surface area contributed by atoms with Crippen LogP contribution in [0.1, 0.15) is 57.8 Å².